The quantitative estimate of drug-likeness (QED) is 0.612. The maximum absolute atomic E-state index is 5.42. The SMILES string of the molecule is CN=C(NCCc1ccc2c(c1)OCO2)N(C)Cc1cc(Br)cn1C. The van der Waals surface area contributed by atoms with E-state index in [2.05, 4.69) is 54.0 Å². The van der Waals surface area contributed by atoms with Crippen LogP contribution in [0, 0.1) is 0 Å². The summed E-state index contributed by atoms with van der Waals surface area (Å²) in [7, 11) is 5.89. The average molecular weight is 407 g/mol. The third-order valence-electron chi connectivity index (χ3n) is 4.18. The van der Waals surface area contributed by atoms with Gasteiger partial charge in [-0.3, -0.25) is 4.99 Å². The molecule has 0 spiro atoms. The van der Waals surface area contributed by atoms with Crippen molar-refractivity contribution in [2.24, 2.45) is 12.0 Å². The highest BCUT2D eigenvalue weighted by Gasteiger charge is 2.13. The molecule has 1 aromatic carbocycles. The molecule has 6 nitrogen and oxygen atoms in total. The second-order valence-electron chi connectivity index (χ2n) is 6.03. The van der Waals surface area contributed by atoms with Gasteiger partial charge >= 0.3 is 0 Å². The van der Waals surface area contributed by atoms with Gasteiger partial charge in [-0.15, -0.1) is 0 Å². The van der Waals surface area contributed by atoms with Crippen LogP contribution in [0.2, 0.25) is 0 Å². The van der Waals surface area contributed by atoms with E-state index in [0.717, 1.165) is 41.4 Å². The van der Waals surface area contributed by atoms with Crippen LogP contribution >= 0.6 is 15.9 Å². The summed E-state index contributed by atoms with van der Waals surface area (Å²) < 4.78 is 14.0. The molecule has 0 fully saturated rings. The topological polar surface area (TPSA) is 51.0 Å². The van der Waals surface area contributed by atoms with Gasteiger partial charge in [0.2, 0.25) is 6.79 Å². The number of nitrogens with one attached hydrogen (secondary N) is 1. The number of nitrogens with zero attached hydrogens (tertiary/aromatic N) is 3. The highest BCUT2D eigenvalue weighted by atomic mass is 79.9. The van der Waals surface area contributed by atoms with Crippen molar-refractivity contribution in [2.75, 3.05) is 27.4 Å². The number of guanidine groups is 1. The number of hydrogen-bond acceptors (Lipinski definition) is 3. The van der Waals surface area contributed by atoms with Gasteiger partial charge in [0.05, 0.1) is 6.54 Å². The lowest BCUT2D eigenvalue weighted by molar-refractivity contribution is 0.174. The molecule has 0 radical (unpaired) electrons. The molecule has 0 bridgehead atoms. The van der Waals surface area contributed by atoms with Crippen molar-refractivity contribution in [3.63, 3.8) is 0 Å². The van der Waals surface area contributed by atoms with Crippen LogP contribution in [0.25, 0.3) is 0 Å². The predicted molar refractivity (Wildman–Crippen MR) is 102 cm³/mol. The number of aryl methyl sites for hydroxylation is 1. The third kappa shape index (κ3) is 4.28. The molecule has 2 heterocycles. The molecule has 1 aliphatic heterocycles. The first-order chi connectivity index (χ1) is 12.1. The van der Waals surface area contributed by atoms with Crippen molar-refractivity contribution in [1.82, 2.24) is 14.8 Å². The Hall–Kier alpha value is -2.15. The van der Waals surface area contributed by atoms with Gasteiger partial charge in [-0.2, -0.15) is 0 Å². The molecule has 0 saturated carbocycles. The Kier molecular flexibility index (Phi) is 5.53. The number of halogens is 1. The summed E-state index contributed by atoms with van der Waals surface area (Å²) in [5.41, 5.74) is 2.43. The van der Waals surface area contributed by atoms with Gasteiger partial charge in [0, 0.05) is 44.1 Å². The van der Waals surface area contributed by atoms with Crippen molar-refractivity contribution >= 4 is 21.9 Å². The summed E-state index contributed by atoms with van der Waals surface area (Å²) in [5, 5.41) is 3.41. The van der Waals surface area contributed by atoms with Gasteiger partial charge in [0.25, 0.3) is 0 Å². The normalized spacial score (nSPS) is 13.2. The second-order valence-corrected chi connectivity index (χ2v) is 6.94. The molecule has 0 atom stereocenters. The number of fused-ring (bicyclic) bond motifs is 1. The molecule has 0 amide bonds. The summed E-state index contributed by atoms with van der Waals surface area (Å²) in [5.74, 6) is 2.52. The first-order valence-electron chi connectivity index (χ1n) is 8.18. The summed E-state index contributed by atoms with van der Waals surface area (Å²) in [6.07, 6.45) is 2.94. The van der Waals surface area contributed by atoms with E-state index in [1.165, 1.54) is 11.3 Å². The zero-order valence-corrected chi connectivity index (χ0v) is 16.3. The Labute approximate surface area is 156 Å². The van der Waals surface area contributed by atoms with E-state index in [-0.39, 0.29) is 0 Å². The molecule has 134 valence electrons. The molecular weight excluding hydrogens is 384 g/mol. The molecule has 25 heavy (non-hydrogen) atoms. The first kappa shape index (κ1) is 17.7. The highest BCUT2D eigenvalue weighted by molar-refractivity contribution is 9.10. The van der Waals surface area contributed by atoms with Gasteiger partial charge in [-0.1, -0.05) is 6.07 Å². The summed E-state index contributed by atoms with van der Waals surface area (Å²) in [4.78, 5) is 6.49. The lowest BCUT2D eigenvalue weighted by Crippen LogP contribution is -2.39. The first-order valence-corrected chi connectivity index (χ1v) is 8.97. The Balaban J connectivity index is 1.53. The van der Waals surface area contributed by atoms with E-state index < -0.39 is 0 Å². The zero-order chi connectivity index (χ0) is 17.8. The van der Waals surface area contributed by atoms with Crippen LogP contribution in [0.1, 0.15) is 11.3 Å². The predicted octanol–water partition coefficient (Wildman–Crippen LogP) is 2.77. The van der Waals surface area contributed by atoms with Gasteiger partial charge in [-0.25, -0.2) is 0 Å². The fourth-order valence-electron chi connectivity index (χ4n) is 2.84. The summed E-state index contributed by atoms with van der Waals surface area (Å²) in [6, 6.07) is 8.20. The van der Waals surface area contributed by atoms with E-state index in [9.17, 15) is 0 Å². The van der Waals surface area contributed by atoms with Gasteiger partial charge in [-0.05, 0) is 46.1 Å². The lowest BCUT2D eigenvalue weighted by Gasteiger charge is -2.22. The molecule has 2 aromatic rings. The molecule has 0 unspecified atom stereocenters. The Bertz CT molecular complexity index is 772. The minimum Gasteiger partial charge on any atom is -0.454 e. The second kappa shape index (κ2) is 7.82. The van der Waals surface area contributed by atoms with Gasteiger partial charge < -0.3 is 24.3 Å². The van der Waals surface area contributed by atoms with E-state index in [1.807, 2.05) is 26.2 Å². The summed E-state index contributed by atoms with van der Waals surface area (Å²) >= 11 is 3.51. The zero-order valence-electron chi connectivity index (χ0n) is 14.8. The Morgan fingerprint density at radius 3 is 2.84 bits per heavy atom. The van der Waals surface area contributed by atoms with Crippen molar-refractivity contribution in [3.8, 4) is 11.5 Å². The van der Waals surface area contributed by atoms with E-state index in [4.69, 9.17) is 9.47 Å². The maximum atomic E-state index is 5.42. The van der Waals surface area contributed by atoms with Crippen molar-refractivity contribution < 1.29 is 9.47 Å². The van der Waals surface area contributed by atoms with Crippen molar-refractivity contribution in [1.29, 1.82) is 0 Å². The minimum atomic E-state index is 0.309. The number of benzene rings is 1. The van der Waals surface area contributed by atoms with Crippen LogP contribution < -0.4 is 14.8 Å². The molecule has 7 heteroatoms. The molecule has 0 aliphatic carbocycles. The number of ether oxygens (including phenoxy) is 2. The molecule has 3 rings (SSSR count). The third-order valence-corrected chi connectivity index (χ3v) is 4.61. The molecular formula is C18H23BrN4O2. The fraction of sp³-hybridized carbons (Fsp3) is 0.389. The van der Waals surface area contributed by atoms with Crippen LogP contribution in [0.5, 0.6) is 11.5 Å². The standard InChI is InChI=1S/C18H23BrN4O2/c1-20-18(23(3)11-15-9-14(19)10-22(15)2)21-7-6-13-4-5-16-17(8-13)25-12-24-16/h4-5,8-10H,6-7,11-12H2,1-3H3,(H,20,21). The van der Waals surface area contributed by atoms with Crippen LogP contribution in [0.4, 0.5) is 0 Å². The van der Waals surface area contributed by atoms with E-state index >= 15 is 0 Å². The lowest BCUT2D eigenvalue weighted by atomic mass is 10.1. The molecule has 1 aliphatic rings. The van der Waals surface area contributed by atoms with Crippen LogP contribution in [0.3, 0.4) is 0 Å². The average Bonchev–Trinajstić information content (AvgIpc) is 3.17. The molecule has 1 N–H and O–H groups in total. The van der Waals surface area contributed by atoms with Gasteiger partial charge in [0.1, 0.15) is 0 Å². The number of rotatable bonds is 5. The van der Waals surface area contributed by atoms with Crippen molar-refractivity contribution in [3.05, 3.63) is 46.2 Å². The minimum absolute atomic E-state index is 0.309. The number of hydrogen-bond donors (Lipinski definition) is 1. The van der Waals surface area contributed by atoms with E-state index in [0.29, 0.717) is 6.79 Å². The van der Waals surface area contributed by atoms with Crippen LogP contribution in [-0.4, -0.2) is 42.9 Å². The van der Waals surface area contributed by atoms with Crippen molar-refractivity contribution in [2.45, 2.75) is 13.0 Å². The number of aromatic nitrogens is 1. The van der Waals surface area contributed by atoms with E-state index in [1.54, 1.807) is 7.05 Å². The van der Waals surface area contributed by atoms with Gasteiger partial charge in [0.15, 0.2) is 17.5 Å². The Morgan fingerprint density at radius 1 is 1.32 bits per heavy atom. The largest absolute Gasteiger partial charge is 0.454 e. The Morgan fingerprint density at radius 2 is 2.12 bits per heavy atom. The summed E-state index contributed by atoms with van der Waals surface area (Å²) in [6.45, 7) is 1.89. The highest BCUT2D eigenvalue weighted by Crippen LogP contribution is 2.32. The smallest absolute Gasteiger partial charge is 0.231 e. The monoisotopic (exact) mass is 406 g/mol. The molecule has 1 aromatic heterocycles. The van der Waals surface area contributed by atoms with Crippen LogP contribution in [-0.2, 0) is 20.0 Å². The fourth-order valence-corrected chi connectivity index (χ4v) is 3.41. The van der Waals surface area contributed by atoms with Crippen LogP contribution in [0.15, 0.2) is 39.9 Å². The maximum Gasteiger partial charge on any atom is 0.231 e. The molecule has 0 saturated heterocycles. The number of aliphatic imine (C=N–C) groups is 1.